The number of β-amino-alcohol motifs (C(OH)–C–C–N with tert-alkyl or cyclic N) is 1. The average Bonchev–Trinajstić information content (AvgIpc) is 2.96. The van der Waals surface area contributed by atoms with Crippen LogP contribution >= 0.6 is 0 Å². The number of aromatic amines is 1. The van der Waals surface area contributed by atoms with Gasteiger partial charge in [0, 0.05) is 18.8 Å². The summed E-state index contributed by atoms with van der Waals surface area (Å²) in [7, 11) is 0. The molecule has 2 aromatic rings. The molecule has 7 nitrogen and oxygen atoms in total. The predicted octanol–water partition coefficient (Wildman–Crippen LogP) is 0.873. The monoisotopic (exact) mass is 347 g/mol. The number of rotatable bonds is 4. The number of hydrogen-bond donors (Lipinski definition) is 2. The van der Waals surface area contributed by atoms with Crippen LogP contribution in [0.2, 0.25) is 0 Å². The van der Waals surface area contributed by atoms with Crippen molar-refractivity contribution in [3.63, 3.8) is 0 Å². The van der Waals surface area contributed by atoms with E-state index in [4.69, 9.17) is 4.74 Å². The van der Waals surface area contributed by atoms with Crippen LogP contribution in [0.15, 0.2) is 35.3 Å². The Balaban J connectivity index is 1.65. The number of nitrogens with one attached hydrogen (secondary N) is 1. The highest BCUT2D eigenvalue weighted by Crippen LogP contribution is 2.24. The fourth-order valence-corrected chi connectivity index (χ4v) is 2.73. The van der Waals surface area contributed by atoms with Gasteiger partial charge in [0.15, 0.2) is 0 Å². The van der Waals surface area contributed by atoms with Gasteiger partial charge in [0.05, 0.1) is 6.54 Å². The highest BCUT2D eigenvalue weighted by Gasteiger charge is 2.39. The molecule has 1 unspecified atom stereocenters. The molecule has 0 saturated carbocycles. The van der Waals surface area contributed by atoms with Crippen LogP contribution in [0.1, 0.15) is 22.6 Å². The van der Waals surface area contributed by atoms with Gasteiger partial charge in [-0.05, 0) is 25.5 Å². The molecule has 1 atom stereocenters. The van der Waals surface area contributed by atoms with Crippen molar-refractivity contribution >= 4 is 5.91 Å². The smallest absolute Gasteiger partial charge is 0.263 e. The first-order valence-electron chi connectivity index (χ1n) is 7.82. The topological polar surface area (TPSA) is 95.5 Å². The maximum Gasteiger partial charge on any atom is 0.263 e. The second kappa shape index (κ2) is 6.64. The van der Waals surface area contributed by atoms with Crippen molar-refractivity contribution in [3.8, 4) is 5.75 Å². The molecule has 1 aromatic heterocycles. The lowest BCUT2D eigenvalue weighted by Gasteiger charge is -2.23. The molecule has 2 N–H and O–H groups in total. The van der Waals surface area contributed by atoms with Crippen LogP contribution in [-0.2, 0) is 0 Å². The summed E-state index contributed by atoms with van der Waals surface area (Å²) in [6.07, 6.45) is 1.53. The number of nitrogens with zero attached hydrogens (tertiary/aromatic N) is 2. The number of H-pyrrole nitrogens is 1. The number of benzene rings is 1. The maximum atomic E-state index is 13.2. The first kappa shape index (κ1) is 17.1. The summed E-state index contributed by atoms with van der Waals surface area (Å²) in [4.78, 5) is 32.1. The molecule has 3 rings (SSSR count). The molecule has 1 aliphatic heterocycles. The summed E-state index contributed by atoms with van der Waals surface area (Å²) in [6, 6.07) is 5.61. The number of hydrogen-bond acceptors (Lipinski definition) is 5. The Hall–Kier alpha value is -2.74. The molecule has 1 fully saturated rings. The van der Waals surface area contributed by atoms with Crippen LogP contribution in [0.5, 0.6) is 5.75 Å². The molecular formula is C17H18FN3O4. The molecule has 2 heterocycles. The van der Waals surface area contributed by atoms with Gasteiger partial charge in [-0.1, -0.05) is 6.07 Å². The van der Waals surface area contributed by atoms with E-state index < -0.39 is 22.9 Å². The van der Waals surface area contributed by atoms with E-state index in [0.29, 0.717) is 18.0 Å². The third-order valence-electron chi connectivity index (χ3n) is 4.08. The molecule has 8 heteroatoms. The number of halogens is 1. The van der Waals surface area contributed by atoms with Crippen LogP contribution in [0.25, 0.3) is 0 Å². The number of carbonyl (C=O) groups is 1. The van der Waals surface area contributed by atoms with Crippen LogP contribution in [0.4, 0.5) is 4.39 Å². The minimum atomic E-state index is -1.26. The normalized spacial score (nSPS) is 19.9. The molecule has 1 aromatic carbocycles. The molecule has 0 aliphatic carbocycles. The van der Waals surface area contributed by atoms with Crippen molar-refractivity contribution in [1.29, 1.82) is 0 Å². The van der Waals surface area contributed by atoms with Gasteiger partial charge in [0.1, 0.15) is 35.2 Å². The van der Waals surface area contributed by atoms with Gasteiger partial charge in [-0.15, -0.1) is 0 Å². The number of aromatic nitrogens is 2. The Morgan fingerprint density at radius 2 is 2.32 bits per heavy atom. The summed E-state index contributed by atoms with van der Waals surface area (Å²) >= 11 is 0. The van der Waals surface area contributed by atoms with Gasteiger partial charge in [-0.3, -0.25) is 9.59 Å². The Bertz CT molecular complexity index is 854. The molecule has 1 amide bonds. The average molecular weight is 347 g/mol. The first-order chi connectivity index (χ1) is 11.9. The lowest BCUT2D eigenvalue weighted by Crippen LogP contribution is -2.41. The molecule has 25 heavy (non-hydrogen) atoms. The number of amides is 1. The van der Waals surface area contributed by atoms with Crippen molar-refractivity contribution in [1.82, 2.24) is 14.9 Å². The summed E-state index contributed by atoms with van der Waals surface area (Å²) < 4.78 is 18.6. The second-order valence-corrected chi connectivity index (χ2v) is 6.16. The fourth-order valence-electron chi connectivity index (χ4n) is 2.73. The lowest BCUT2D eigenvalue weighted by atomic mass is 10.1. The third-order valence-corrected chi connectivity index (χ3v) is 4.08. The molecular weight excluding hydrogens is 329 g/mol. The minimum Gasteiger partial charge on any atom is -0.490 e. The molecule has 132 valence electrons. The fraction of sp³-hybridized carbons (Fsp3) is 0.353. The molecule has 1 aliphatic rings. The second-order valence-electron chi connectivity index (χ2n) is 6.16. The van der Waals surface area contributed by atoms with Crippen molar-refractivity contribution in [3.05, 3.63) is 58.0 Å². The predicted molar refractivity (Wildman–Crippen MR) is 87.0 cm³/mol. The van der Waals surface area contributed by atoms with Crippen molar-refractivity contribution in [2.24, 2.45) is 0 Å². The van der Waals surface area contributed by atoms with E-state index in [0.717, 1.165) is 0 Å². The number of carbonyl (C=O) groups excluding carboxylic acids is 1. The van der Waals surface area contributed by atoms with E-state index in [9.17, 15) is 19.1 Å². The van der Waals surface area contributed by atoms with Gasteiger partial charge in [0.25, 0.3) is 11.5 Å². The van der Waals surface area contributed by atoms with Crippen molar-refractivity contribution in [2.45, 2.75) is 18.9 Å². The summed E-state index contributed by atoms with van der Waals surface area (Å²) in [5.41, 5.74) is -1.84. The highest BCUT2D eigenvalue weighted by atomic mass is 19.1. The number of ether oxygens (including phenoxy) is 1. The Kier molecular flexibility index (Phi) is 4.54. The van der Waals surface area contributed by atoms with E-state index in [1.165, 1.54) is 29.3 Å². The van der Waals surface area contributed by atoms with Gasteiger partial charge in [-0.25, -0.2) is 9.37 Å². The van der Waals surface area contributed by atoms with E-state index in [2.05, 4.69) is 9.97 Å². The van der Waals surface area contributed by atoms with E-state index in [1.807, 2.05) is 0 Å². The van der Waals surface area contributed by atoms with E-state index >= 15 is 0 Å². The maximum absolute atomic E-state index is 13.2. The van der Waals surface area contributed by atoms with Crippen LogP contribution in [-0.4, -0.2) is 51.2 Å². The zero-order valence-electron chi connectivity index (χ0n) is 13.7. The van der Waals surface area contributed by atoms with Crippen LogP contribution in [0, 0.1) is 12.7 Å². The Morgan fingerprint density at radius 1 is 1.52 bits per heavy atom. The third kappa shape index (κ3) is 3.85. The Morgan fingerprint density at radius 3 is 3.04 bits per heavy atom. The number of likely N-dealkylation sites (tertiary alicyclic amines) is 1. The van der Waals surface area contributed by atoms with Crippen molar-refractivity contribution in [2.75, 3.05) is 19.7 Å². The summed E-state index contributed by atoms with van der Waals surface area (Å²) in [6.45, 7) is 1.85. The summed E-state index contributed by atoms with van der Waals surface area (Å²) in [5.74, 6) is -0.199. The quantitative estimate of drug-likeness (QED) is 0.856. The zero-order valence-corrected chi connectivity index (χ0v) is 13.7. The van der Waals surface area contributed by atoms with Crippen LogP contribution < -0.4 is 10.3 Å². The summed E-state index contributed by atoms with van der Waals surface area (Å²) in [5, 5.41) is 10.6. The molecule has 0 radical (unpaired) electrons. The number of aryl methyl sites for hydroxylation is 1. The van der Waals surface area contributed by atoms with E-state index in [-0.39, 0.29) is 25.3 Å². The number of aliphatic hydroxyl groups is 1. The lowest BCUT2D eigenvalue weighted by molar-refractivity contribution is 0.00420. The van der Waals surface area contributed by atoms with Crippen LogP contribution in [0.3, 0.4) is 0 Å². The minimum absolute atomic E-state index is 0.0223. The van der Waals surface area contributed by atoms with Gasteiger partial charge in [-0.2, -0.15) is 0 Å². The molecule has 0 spiro atoms. The zero-order chi connectivity index (χ0) is 18.0. The molecule has 0 bridgehead atoms. The highest BCUT2D eigenvalue weighted by molar-refractivity contribution is 5.93. The van der Waals surface area contributed by atoms with Gasteiger partial charge < -0.3 is 19.7 Å². The standard InChI is InChI=1S/C17H18FN3O4/c1-11-19-8-14(15(22)20-11)16(23)21-6-5-17(24,9-21)10-25-13-4-2-3-12(18)7-13/h2-4,7-8,24H,5-6,9-10H2,1H3,(H,19,20,22). The SMILES string of the molecule is Cc1ncc(C(=O)N2CCC(O)(COc3cccc(F)c3)C2)c(=O)[nH]1. The van der Waals surface area contributed by atoms with Gasteiger partial charge in [0.2, 0.25) is 0 Å². The van der Waals surface area contributed by atoms with E-state index in [1.54, 1.807) is 13.0 Å². The van der Waals surface area contributed by atoms with Gasteiger partial charge >= 0.3 is 0 Å². The molecule has 1 saturated heterocycles. The van der Waals surface area contributed by atoms with Crippen molar-refractivity contribution < 1.29 is 19.0 Å². The first-order valence-corrected chi connectivity index (χ1v) is 7.82. The largest absolute Gasteiger partial charge is 0.490 e. The Labute approximate surface area is 143 Å².